The summed E-state index contributed by atoms with van der Waals surface area (Å²) < 4.78 is 10.8. The van der Waals surface area contributed by atoms with Crippen molar-refractivity contribution in [2.24, 2.45) is 5.92 Å². The molecule has 40 heavy (non-hydrogen) atoms. The molecule has 10 heteroatoms. The first-order valence-electron chi connectivity index (χ1n) is 13.6. The van der Waals surface area contributed by atoms with Crippen LogP contribution < -0.4 is 10.6 Å². The average Bonchev–Trinajstić information content (AvgIpc) is 3.22. The van der Waals surface area contributed by atoms with Gasteiger partial charge >= 0.3 is 18.0 Å². The first-order valence-corrected chi connectivity index (χ1v) is 13.6. The molecule has 10 nitrogen and oxygen atoms in total. The molecule has 0 aromatic heterocycles. The summed E-state index contributed by atoms with van der Waals surface area (Å²) >= 11 is 0. The Morgan fingerprint density at radius 3 is 2.10 bits per heavy atom. The van der Waals surface area contributed by atoms with Crippen LogP contribution in [-0.2, 0) is 23.9 Å². The summed E-state index contributed by atoms with van der Waals surface area (Å²) in [6.07, 6.45) is 0.206. The topological polar surface area (TPSA) is 134 Å². The number of esters is 1. The Morgan fingerprint density at radius 1 is 0.975 bits per heavy atom. The number of piperidine rings is 1. The van der Waals surface area contributed by atoms with E-state index in [0.29, 0.717) is 25.9 Å². The van der Waals surface area contributed by atoms with Crippen molar-refractivity contribution >= 4 is 23.9 Å². The summed E-state index contributed by atoms with van der Waals surface area (Å²) in [5, 5.41) is 14.6. The predicted molar refractivity (Wildman–Crippen MR) is 148 cm³/mol. The molecule has 0 unspecified atom stereocenters. The molecular weight excluding hydrogens is 514 g/mol. The average molecular weight is 552 g/mol. The van der Waals surface area contributed by atoms with Crippen LogP contribution in [0.1, 0.15) is 50.7 Å². The van der Waals surface area contributed by atoms with E-state index in [2.05, 4.69) is 10.6 Å². The third-order valence-corrected chi connectivity index (χ3v) is 7.15. The van der Waals surface area contributed by atoms with Crippen LogP contribution >= 0.6 is 0 Å². The zero-order chi connectivity index (χ0) is 28.9. The first kappa shape index (κ1) is 29.1. The molecule has 1 fully saturated rings. The Labute approximate surface area is 234 Å². The molecule has 0 saturated carbocycles. The minimum absolute atomic E-state index is 0.0560. The number of likely N-dealkylation sites (tertiary alicyclic amines) is 1. The fraction of sp³-hybridized carbons (Fsp3) is 0.467. The Bertz CT molecular complexity index is 1200. The van der Waals surface area contributed by atoms with Gasteiger partial charge in [-0.05, 0) is 69.0 Å². The van der Waals surface area contributed by atoms with Gasteiger partial charge in [0.1, 0.15) is 18.2 Å². The van der Waals surface area contributed by atoms with Gasteiger partial charge in [-0.3, -0.25) is 14.5 Å². The Hall–Kier alpha value is -3.92. The highest BCUT2D eigenvalue weighted by molar-refractivity contribution is 5.83. The van der Waals surface area contributed by atoms with E-state index in [-0.39, 0.29) is 43.4 Å². The van der Waals surface area contributed by atoms with Crippen LogP contribution in [0.25, 0.3) is 11.1 Å². The second kappa shape index (κ2) is 12.5. The molecule has 2 aromatic carbocycles. The van der Waals surface area contributed by atoms with E-state index in [1.807, 2.05) is 74.2 Å². The Balaban J connectivity index is 1.23. The number of carboxylic acids is 1. The van der Waals surface area contributed by atoms with E-state index in [4.69, 9.17) is 9.47 Å². The van der Waals surface area contributed by atoms with E-state index in [9.17, 15) is 24.3 Å². The van der Waals surface area contributed by atoms with Crippen molar-refractivity contribution in [3.63, 3.8) is 0 Å². The quantitative estimate of drug-likeness (QED) is 0.405. The number of fused-ring (bicyclic) bond motifs is 3. The molecule has 2 aromatic rings. The summed E-state index contributed by atoms with van der Waals surface area (Å²) in [5.41, 5.74) is 3.73. The molecule has 0 spiro atoms. The van der Waals surface area contributed by atoms with E-state index < -0.39 is 23.7 Å². The van der Waals surface area contributed by atoms with E-state index in [1.54, 1.807) is 0 Å². The third kappa shape index (κ3) is 7.38. The van der Waals surface area contributed by atoms with Crippen molar-refractivity contribution in [1.82, 2.24) is 15.5 Å². The van der Waals surface area contributed by atoms with Gasteiger partial charge in [0.25, 0.3) is 0 Å². The van der Waals surface area contributed by atoms with Crippen LogP contribution in [0.5, 0.6) is 0 Å². The minimum atomic E-state index is -1.34. The number of ether oxygens (including phenoxy) is 2. The lowest BCUT2D eigenvalue weighted by Gasteiger charge is -2.31. The number of hydrogen-bond donors (Lipinski definition) is 3. The van der Waals surface area contributed by atoms with E-state index >= 15 is 0 Å². The van der Waals surface area contributed by atoms with Crippen LogP contribution in [0.3, 0.4) is 0 Å². The van der Waals surface area contributed by atoms with E-state index in [1.165, 1.54) is 0 Å². The molecular formula is C30H37N3O7. The molecule has 2 amide bonds. The SMILES string of the molecule is CC(C)(C)OC(=O)CN1CCC(C(=O)NC[C@@H](NC(=O)OCC2c3ccccc3-c3ccccc32)C(=O)O)CC1. The largest absolute Gasteiger partial charge is 0.480 e. The van der Waals surface area contributed by atoms with Crippen molar-refractivity contribution in [2.45, 2.75) is 51.2 Å². The van der Waals surface area contributed by atoms with Gasteiger partial charge in [0.2, 0.25) is 5.91 Å². The zero-order valence-electron chi connectivity index (χ0n) is 23.1. The number of nitrogens with one attached hydrogen (secondary N) is 2. The third-order valence-electron chi connectivity index (χ3n) is 7.15. The number of aliphatic carboxylic acids is 1. The molecule has 1 aliphatic heterocycles. The maximum absolute atomic E-state index is 12.7. The summed E-state index contributed by atoms with van der Waals surface area (Å²) in [6, 6.07) is 14.5. The van der Waals surface area contributed by atoms with Crippen LogP contribution in [0, 0.1) is 5.92 Å². The van der Waals surface area contributed by atoms with Crippen molar-refractivity contribution in [3.05, 3.63) is 59.7 Å². The molecule has 2 aliphatic rings. The molecule has 1 saturated heterocycles. The number of alkyl carbamates (subject to hydrolysis) is 1. The number of nitrogens with zero attached hydrogens (tertiary/aromatic N) is 1. The standard InChI is InChI=1S/C30H37N3O7/c1-30(2,3)40-26(34)17-33-14-12-19(13-15-33)27(35)31-16-25(28(36)37)32-29(38)39-18-24-22-10-6-4-8-20(22)21-9-5-7-11-23(21)24/h4-11,19,24-25H,12-18H2,1-3H3,(H,31,35)(H,32,38)(H,36,37)/t25-/m1/s1. The molecule has 3 N–H and O–H groups in total. The van der Waals surface area contributed by atoms with Gasteiger partial charge in [-0.1, -0.05) is 48.5 Å². The lowest BCUT2D eigenvalue weighted by Crippen LogP contribution is -2.50. The van der Waals surface area contributed by atoms with Crippen molar-refractivity contribution in [2.75, 3.05) is 32.8 Å². The number of carbonyl (C=O) groups is 4. The smallest absolute Gasteiger partial charge is 0.407 e. The molecule has 0 radical (unpaired) electrons. The summed E-state index contributed by atoms with van der Waals surface area (Å²) in [6.45, 7) is 6.50. The van der Waals surface area contributed by atoms with Crippen LogP contribution in [0.15, 0.2) is 48.5 Å². The Morgan fingerprint density at radius 2 is 1.55 bits per heavy atom. The summed E-state index contributed by atoms with van der Waals surface area (Å²) in [4.78, 5) is 51.0. The van der Waals surface area contributed by atoms with Gasteiger partial charge in [0, 0.05) is 18.4 Å². The molecule has 1 atom stereocenters. The number of amides is 2. The first-order chi connectivity index (χ1) is 19.0. The maximum Gasteiger partial charge on any atom is 0.407 e. The maximum atomic E-state index is 12.7. The highest BCUT2D eigenvalue weighted by atomic mass is 16.6. The molecule has 1 aliphatic carbocycles. The minimum Gasteiger partial charge on any atom is -0.480 e. The van der Waals surface area contributed by atoms with Crippen molar-refractivity contribution in [1.29, 1.82) is 0 Å². The fourth-order valence-electron chi connectivity index (χ4n) is 5.24. The lowest BCUT2D eigenvalue weighted by molar-refractivity contribution is -0.156. The second-order valence-corrected chi connectivity index (χ2v) is 11.2. The van der Waals surface area contributed by atoms with Crippen molar-refractivity contribution in [3.8, 4) is 11.1 Å². The van der Waals surface area contributed by atoms with Crippen LogP contribution in [0.4, 0.5) is 4.79 Å². The summed E-state index contributed by atoms with van der Waals surface area (Å²) in [5.74, 6) is -2.32. The monoisotopic (exact) mass is 551 g/mol. The lowest BCUT2D eigenvalue weighted by atomic mass is 9.96. The molecule has 214 valence electrons. The van der Waals surface area contributed by atoms with Crippen LogP contribution in [-0.4, -0.2) is 78.4 Å². The molecule has 1 heterocycles. The second-order valence-electron chi connectivity index (χ2n) is 11.2. The van der Waals surface area contributed by atoms with Gasteiger partial charge in [-0.2, -0.15) is 0 Å². The predicted octanol–water partition coefficient (Wildman–Crippen LogP) is 3.15. The van der Waals surface area contributed by atoms with Crippen LogP contribution in [0.2, 0.25) is 0 Å². The van der Waals surface area contributed by atoms with Gasteiger partial charge in [0.15, 0.2) is 0 Å². The number of benzene rings is 2. The van der Waals surface area contributed by atoms with E-state index in [0.717, 1.165) is 22.3 Å². The highest BCUT2D eigenvalue weighted by Crippen LogP contribution is 2.44. The molecule has 4 rings (SSSR count). The fourth-order valence-corrected chi connectivity index (χ4v) is 5.24. The highest BCUT2D eigenvalue weighted by Gasteiger charge is 2.31. The molecule has 0 bridgehead atoms. The number of rotatable bonds is 9. The Kier molecular flexibility index (Phi) is 9.09. The van der Waals surface area contributed by atoms with Gasteiger partial charge < -0.3 is 25.2 Å². The summed E-state index contributed by atoms with van der Waals surface area (Å²) in [7, 11) is 0. The normalized spacial score (nSPS) is 16.4. The van der Waals surface area contributed by atoms with Gasteiger partial charge in [0.05, 0.1) is 6.54 Å². The van der Waals surface area contributed by atoms with Gasteiger partial charge in [-0.25, -0.2) is 9.59 Å². The number of hydrogen-bond acceptors (Lipinski definition) is 7. The number of carboxylic acid groups (broad SMARTS) is 1. The zero-order valence-corrected chi connectivity index (χ0v) is 23.1. The van der Waals surface area contributed by atoms with Crippen molar-refractivity contribution < 1.29 is 33.8 Å². The number of carbonyl (C=O) groups excluding carboxylic acids is 3. The van der Waals surface area contributed by atoms with Gasteiger partial charge in [-0.15, -0.1) is 0 Å².